The number of rotatable bonds is 6. The van der Waals surface area contributed by atoms with Gasteiger partial charge in [0.2, 0.25) is 10.0 Å². The third kappa shape index (κ3) is 3.90. The van der Waals surface area contributed by atoms with Crippen molar-refractivity contribution in [3.05, 3.63) is 36.6 Å². The van der Waals surface area contributed by atoms with E-state index in [4.69, 9.17) is 0 Å². The minimum Gasteiger partial charge on any atom is -0.315 e. The highest BCUT2D eigenvalue weighted by Crippen LogP contribution is 2.31. The van der Waals surface area contributed by atoms with Gasteiger partial charge in [-0.15, -0.1) is 22.7 Å². The molecule has 0 aliphatic heterocycles. The highest BCUT2D eigenvalue weighted by Gasteiger charge is 2.20. The second kappa shape index (κ2) is 6.67. The highest BCUT2D eigenvalue weighted by atomic mass is 79.9. The van der Waals surface area contributed by atoms with E-state index in [1.54, 1.807) is 17.4 Å². The predicted octanol–water partition coefficient (Wildman–Crippen LogP) is 3.08. The molecule has 2 heterocycles. The van der Waals surface area contributed by atoms with Gasteiger partial charge in [0.05, 0.1) is 3.79 Å². The Balaban J connectivity index is 2.13. The van der Waals surface area contributed by atoms with Crippen molar-refractivity contribution in [2.45, 2.75) is 24.9 Å². The fourth-order valence-corrected chi connectivity index (χ4v) is 6.29. The fraction of sp³-hybridized carbons (Fsp3) is 0.333. The minimum atomic E-state index is -3.48. The summed E-state index contributed by atoms with van der Waals surface area (Å²) in [4.78, 5) is 3.47. The molecule has 0 radical (unpaired) electrons. The van der Waals surface area contributed by atoms with Gasteiger partial charge in [-0.3, -0.25) is 0 Å². The topological polar surface area (TPSA) is 58.2 Å². The molecule has 0 spiro atoms. The average molecular weight is 395 g/mol. The Morgan fingerprint density at radius 2 is 1.95 bits per heavy atom. The summed E-state index contributed by atoms with van der Waals surface area (Å²) in [6, 6.07) is 5.63. The van der Waals surface area contributed by atoms with Crippen LogP contribution in [0.2, 0.25) is 0 Å². The Bertz CT molecular complexity index is 691. The first-order valence-electron chi connectivity index (χ1n) is 5.90. The molecule has 110 valence electrons. The Morgan fingerprint density at radius 3 is 2.55 bits per heavy atom. The van der Waals surface area contributed by atoms with Crippen LogP contribution in [0.4, 0.5) is 0 Å². The van der Waals surface area contributed by atoms with Gasteiger partial charge in [0.25, 0.3) is 0 Å². The smallest absolute Gasteiger partial charge is 0.242 e. The molecule has 0 atom stereocenters. The molecule has 0 aliphatic carbocycles. The van der Waals surface area contributed by atoms with E-state index >= 15 is 0 Å². The first-order chi connectivity index (χ1) is 9.42. The van der Waals surface area contributed by atoms with E-state index in [1.165, 1.54) is 16.2 Å². The molecule has 2 rings (SSSR count). The van der Waals surface area contributed by atoms with Gasteiger partial charge < -0.3 is 5.32 Å². The highest BCUT2D eigenvalue weighted by molar-refractivity contribution is 9.11. The summed E-state index contributed by atoms with van der Waals surface area (Å²) in [5.74, 6) is 0. The van der Waals surface area contributed by atoms with Crippen LogP contribution in [0.1, 0.15) is 14.6 Å². The van der Waals surface area contributed by atoms with Crippen molar-refractivity contribution in [2.24, 2.45) is 0 Å². The van der Waals surface area contributed by atoms with E-state index in [1.807, 2.05) is 26.1 Å². The normalized spacial score (nSPS) is 11.9. The molecule has 0 aliphatic rings. The second-order valence-corrected chi connectivity index (χ2v) is 9.78. The molecule has 0 fully saturated rings. The maximum Gasteiger partial charge on any atom is 0.242 e. The summed E-state index contributed by atoms with van der Waals surface area (Å²) >= 11 is 6.35. The van der Waals surface area contributed by atoms with Crippen molar-refractivity contribution in [3.63, 3.8) is 0 Å². The number of sulfonamides is 1. The summed E-state index contributed by atoms with van der Waals surface area (Å²) in [5.41, 5.74) is 0. The largest absolute Gasteiger partial charge is 0.315 e. The van der Waals surface area contributed by atoms with Crippen LogP contribution in [0.25, 0.3) is 0 Å². The lowest BCUT2D eigenvalue weighted by atomic mass is 10.4. The predicted molar refractivity (Wildman–Crippen MR) is 87.9 cm³/mol. The lowest BCUT2D eigenvalue weighted by molar-refractivity contribution is 0.581. The molecular formula is C12H15BrN2O2S3. The van der Waals surface area contributed by atoms with Crippen molar-refractivity contribution >= 4 is 48.6 Å². The van der Waals surface area contributed by atoms with E-state index in [9.17, 15) is 8.42 Å². The van der Waals surface area contributed by atoms with Crippen LogP contribution in [0.15, 0.2) is 26.9 Å². The Morgan fingerprint density at radius 1 is 1.20 bits per heavy atom. The third-order valence-electron chi connectivity index (χ3n) is 2.58. The molecule has 20 heavy (non-hydrogen) atoms. The Labute approximate surface area is 135 Å². The van der Waals surface area contributed by atoms with Crippen LogP contribution in [-0.2, 0) is 23.1 Å². The van der Waals surface area contributed by atoms with Gasteiger partial charge in [0, 0.05) is 27.7 Å². The summed E-state index contributed by atoms with van der Waals surface area (Å²) in [7, 11) is -1.65. The SMILES string of the molecule is CNCc1cc(S(=O)(=O)NCc2ccc(C)s2)c(Br)s1. The van der Waals surface area contributed by atoms with Crippen molar-refractivity contribution in [1.82, 2.24) is 10.0 Å². The molecule has 0 bridgehead atoms. The quantitative estimate of drug-likeness (QED) is 0.791. The second-order valence-electron chi connectivity index (χ2n) is 4.22. The van der Waals surface area contributed by atoms with Crippen molar-refractivity contribution in [3.8, 4) is 0 Å². The van der Waals surface area contributed by atoms with Gasteiger partial charge >= 0.3 is 0 Å². The zero-order valence-electron chi connectivity index (χ0n) is 11.1. The monoisotopic (exact) mass is 394 g/mol. The number of thiophene rings is 2. The number of nitrogens with one attached hydrogen (secondary N) is 2. The van der Waals surface area contributed by atoms with Crippen LogP contribution >= 0.6 is 38.6 Å². The zero-order valence-corrected chi connectivity index (χ0v) is 15.1. The number of aryl methyl sites for hydroxylation is 1. The van der Waals surface area contributed by atoms with Crippen molar-refractivity contribution < 1.29 is 8.42 Å². The molecule has 0 aromatic carbocycles. The maximum atomic E-state index is 12.3. The standard InChI is InChI=1S/C12H15BrN2O2S3/c1-8-3-4-9(18-8)7-15-20(16,17)11-5-10(6-14-2)19-12(11)13/h3-5,14-15H,6-7H2,1-2H3. The lowest BCUT2D eigenvalue weighted by Crippen LogP contribution is -2.22. The summed E-state index contributed by atoms with van der Waals surface area (Å²) in [6.45, 7) is 2.98. The molecule has 2 aromatic heterocycles. The number of hydrogen-bond donors (Lipinski definition) is 2. The zero-order chi connectivity index (χ0) is 14.8. The molecule has 8 heteroatoms. The van der Waals surface area contributed by atoms with Gasteiger partial charge in [-0.1, -0.05) is 0 Å². The van der Waals surface area contributed by atoms with Crippen molar-refractivity contribution in [2.75, 3.05) is 7.05 Å². The minimum absolute atomic E-state index is 0.307. The third-order valence-corrected chi connectivity index (χ3v) is 7.23. The van der Waals surface area contributed by atoms with E-state index < -0.39 is 10.0 Å². The maximum absolute atomic E-state index is 12.3. The van der Waals surface area contributed by atoms with Crippen LogP contribution in [-0.4, -0.2) is 15.5 Å². The first-order valence-corrected chi connectivity index (χ1v) is 9.81. The van der Waals surface area contributed by atoms with Gasteiger partial charge in [-0.2, -0.15) is 0 Å². The van der Waals surface area contributed by atoms with E-state index in [0.717, 1.165) is 9.75 Å². The van der Waals surface area contributed by atoms with Crippen LogP contribution < -0.4 is 10.0 Å². The van der Waals surface area contributed by atoms with Crippen LogP contribution in [0.5, 0.6) is 0 Å². The fourth-order valence-electron chi connectivity index (χ4n) is 1.67. The lowest BCUT2D eigenvalue weighted by Gasteiger charge is -2.04. The van der Waals surface area contributed by atoms with E-state index in [2.05, 4.69) is 26.0 Å². The molecule has 0 amide bonds. The van der Waals surface area contributed by atoms with Gasteiger partial charge in [0.15, 0.2) is 0 Å². The van der Waals surface area contributed by atoms with E-state index in [-0.39, 0.29) is 0 Å². The summed E-state index contributed by atoms with van der Waals surface area (Å²) in [6.07, 6.45) is 0. The Hall–Kier alpha value is -0.250. The molecule has 0 unspecified atom stereocenters. The van der Waals surface area contributed by atoms with Gasteiger partial charge in [-0.05, 0) is 48.1 Å². The molecule has 0 saturated carbocycles. The Kier molecular flexibility index (Phi) is 5.38. The van der Waals surface area contributed by atoms with Crippen LogP contribution in [0.3, 0.4) is 0 Å². The number of hydrogen-bond acceptors (Lipinski definition) is 5. The number of halogens is 1. The first kappa shape index (κ1) is 16.1. The molecule has 0 saturated heterocycles. The molecular weight excluding hydrogens is 380 g/mol. The molecule has 2 N–H and O–H groups in total. The van der Waals surface area contributed by atoms with Crippen molar-refractivity contribution in [1.29, 1.82) is 0 Å². The molecule has 2 aromatic rings. The average Bonchev–Trinajstić information content (AvgIpc) is 2.94. The molecule has 4 nitrogen and oxygen atoms in total. The van der Waals surface area contributed by atoms with Gasteiger partial charge in [0.1, 0.15) is 4.90 Å². The summed E-state index contributed by atoms with van der Waals surface area (Å²) < 4.78 is 27.9. The van der Waals surface area contributed by atoms with E-state index in [0.29, 0.717) is 21.8 Å². The van der Waals surface area contributed by atoms with Gasteiger partial charge in [-0.25, -0.2) is 13.1 Å². The van der Waals surface area contributed by atoms with Crippen LogP contribution in [0, 0.1) is 6.92 Å². The summed E-state index contributed by atoms with van der Waals surface area (Å²) in [5, 5.41) is 3.01.